The molecule has 0 saturated carbocycles. The second kappa shape index (κ2) is 7.38. The summed E-state index contributed by atoms with van der Waals surface area (Å²) in [7, 11) is 0. The van der Waals surface area contributed by atoms with E-state index in [-0.39, 0.29) is 11.3 Å². The first-order valence-corrected chi connectivity index (χ1v) is 8.91. The maximum absolute atomic E-state index is 12.3. The van der Waals surface area contributed by atoms with Gasteiger partial charge in [0, 0.05) is 23.8 Å². The molecule has 0 bridgehead atoms. The van der Waals surface area contributed by atoms with Crippen LogP contribution in [0.3, 0.4) is 0 Å². The lowest BCUT2D eigenvalue weighted by molar-refractivity contribution is 0.102. The number of benzene rings is 2. The molecule has 25 heavy (non-hydrogen) atoms. The van der Waals surface area contributed by atoms with Crippen LogP contribution in [0.15, 0.2) is 54.6 Å². The third-order valence-corrected chi connectivity index (χ3v) is 5.29. The normalized spacial score (nSPS) is 21.9. The number of carbonyl (C=O) groups excluding carboxylic acids is 1. The molecule has 1 heterocycles. The monoisotopic (exact) mass is 337 g/mol. The molecule has 0 aromatic heterocycles. The predicted molar refractivity (Wildman–Crippen MR) is 103 cm³/mol. The van der Waals surface area contributed by atoms with Gasteiger partial charge in [-0.1, -0.05) is 37.3 Å². The standard InChI is InChI=1S/C21H27N3O/c1-16(24-12-11-21(2,14-22)15-24)18-9-6-10-19(13-18)23-20(25)17-7-4-3-5-8-17/h3-10,13,16H,11-12,14-15,22H2,1-2H3,(H,23,25). The van der Waals surface area contributed by atoms with Crippen molar-refractivity contribution in [2.75, 3.05) is 25.0 Å². The highest BCUT2D eigenvalue weighted by Crippen LogP contribution is 2.34. The minimum Gasteiger partial charge on any atom is -0.330 e. The molecule has 4 nitrogen and oxygen atoms in total. The molecule has 132 valence electrons. The van der Waals surface area contributed by atoms with Gasteiger partial charge in [-0.25, -0.2) is 0 Å². The molecule has 1 fully saturated rings. The van der Waals surface area contributed by atoms with Gasteiger partial charge < -0.3 is 11.1 Å². The Balaban J connectivity index is 1.70. The van der Waals surface area contributed by atoms with E-state index in [9.17, 15) is 4.79 Å². The molecule has 1 aliphatic rings. The smallest absolute Gasteiger partial charge is 0.255 e. The third-order valence-electron chi connectivity index (χ3n) is 5.29. The Hall–Kier alpha value is -2.17. The van der Waals surface area contributed by atoms with Crippen molar-refractivity contribution in [2.24, 2.45) is 11.1 Å². The summed E-state index contributed by atoms with van der Waals surface area (Å²) < 4.78 is 0. The van der Waals surface area contributed by atoms with Gasteiger partial charge in [-0.3, -0.25) is 9.69 Å². The quantitative estimate of drug-likeness (QED) is 0.875. The van der Waals surface area contributed by atoms with Gasteiger partial charge in [-0.2, -0.15) is 0 Å². The van der Waals surface area contributed by atoms with Crippen LogP contribution >= 0.6 is 0 Å². The molecule has 3 N–H and O–H groups in total. The average Bonchev–Trinajstić information content (AvgIpc) is 3.05. The summed E-state index contributed by atoms with van der Waals surface area (Å²) in [5.41, 5.74) is 8.86. The lowest BCUT2D eigenvalue weighted by Crippen LogP contribution is -2.32. The van der Waals surface area contributed by atoms with Gasteiger partial charge in [0.1, 0.15) is 0 Å². The summed E-state index contributed by atoms with van der Waals surface area (Å²) in [5, 5.41) is 2.99. The molecule has 1 aliphatic heterocycles. The molecule has 2 aromatic rings. The zero-order chi connectivity index (χ0) is 17.9. The van der Waals surface area contributed by atoms with Crippen LogP contribution in [0.25, 0.3) is 0 Å². The highest BCUT2D eigenvalue weighted by atomic mass is 16.1. The number of nitrogens with two attached hydrogens (primary N) is 1. The van der Waals surface area contributed by atoms with Crippen LogP contribution in [0.4, 0.5) is 5.69 Å². The van der Waals surface area contributed by atoms with E-state index in [1.54, 1.807) is 0 Å². The summed E-state index contributed by atoms with van der Waals surface area (Å²) >= 11 is 0. The fraction of sp³-hybridized carbons (Fsp3) is 0.381. The molecule has 4 heteroatoms. The number of amides is 1. The lowest BCUT2D eigenvalue weighted by atomic mass is 9.90. The van der Waals surface area contributed by atoms with E-state index in [0.29, 0.717) is 11.6 Å². The van der Waals surface area contributed by atoms with Crippen LogP contribution in [0.5, 0.6) is 0 Å². The largest absolute Gasteiger partial charge is 0.330 e. The molecular weight excluding hydrogens is 310 g/mol. The van der Waals surface area contributed by atoms with Crippen molar-refractivity contribution in [1.82, 2.24) is 4.90 Å². The van der Waals surface area contributed by atoms with Gasteiger partial charge in [-0.15, -0.1) is 0 Å². The SMILES string of the molecule is CC(c1cccc(NC(=O)c2ccccc2)c1)N1CCC(C)(CN)C1. The Bertz CT molecular complexity index is 731. The first-order valence-electron chi connectivity index (χ1n) is 8.91. The predicted octanol–water partition coefficient (Wildman–Crippen LogP) is 3.67. The van der Waals surface area contributed by atoms with Crippen LogP contribution in [-0.4, -0.2) is 30.4 Å². The number of hydrogen-bond donors (Lipinski definition) is 2. The molecule has 1 amide bonds. The van der Waals surface area contributed by atoms with E-state index in [0.717, 1.165) is 31.7 Å². The first kappa shape index (κ1) is 17.6. The van der Waals surface area contributed by atoms with Gasteiger partial charge in [0.05, 0.1) is 0 Å². The van der Waals surface area contributed by atoms with E-state index >= 15 is 0 Å². The molecule has 2 aromatic carbocycles. The Labute approximate surface area is 150 Å². The lowest BCUT2D eigenvalue weighted by Gasteiger charge is -2.28. The number of anilines is 1. The van der Waals surface area contributed by atoms with Gasteiger partial charge >= 0.3 is 0 Å². The van der Waals surface area contributed by atoms with E-state index in [4.69, 9.17) is 5.73 Å². The summed E-state index contributed by atoms with van der Waals surface area (Å²) in [6.07, 6.45) is 1.14. The summed E-state index contributed by atoms with van der Waals surface area (Å²) in [6.45, 7) is 7.29. The summed E-state index contributed by atoms with van der Waals surface area (Å²) in [5.74, 6) is -0.0812. The molecule has 2 unspecified atom stereocenters. The topological polar surface area (TPSA) is 58.4 Å². The second-order valence-electron chi connectivity index (χ2n) is 7.36. The van der Waals surface area contributed by atoms with E-state index < -0.39 is 0 Å². The Kier molecular flexibility index (Phi) is 5.21. The zero-order valence-electron chi connectivity index (χ0n) is 15.0. The van der Waals surface area contributed by atoms with Gasteiger partial charge in [0.15, 0.2) is 0 Å². The van der Waals surface area contributed by atoms with Crippen molar-refractivity contribution in [1.29, 1.82) is 0 Å². The van der Waals surface area contributed by atoms with E-state index in [1.165, 1.54) is 5.56 Å². The molecule has 3 rings (SSSR count). The number of rotatable bonds is 5. The van der Waals surface area contributed by atoms with Crippen molar-refractivity contribution in [3.63, 3.8) is 0 Å². The van der Waals surface area contributed by atoms with Crippen molar-refractivity contribution < 1.29 is 4.79 Å². The van der Waals surface area contributed by atoms with Crippen LogP contribution in [-0.2, 0) is 0 Å². The van der Waals surface area contributed by atoms with Crippen LogP contribution < -0.4 is 11.1 Å². The van der Waals surface area contributed by atoms with Crippen LogP contribution in [0, 0.1) is 5.41 Å². The third kappa shape index (κ3) is 4.09. The molecule has 0 spiro atoms. The average molecular weight is 337 g/mol. The van der Waals surface area contributed by atoms with Crippen molar-refractivity contribution in [3.8, 4) is 0 Å². The molecule has 1 saturated heterocycles. The summed E-state index contributed by atoms with van der Waals surface area (Å²) in [4.78, 5) is 14.8. The number of carbonyl (C=O) groups is 1. The van der Waals surface area contributed by atoms with Crippen molar-refractivity contribution in [2.45, 2.75) is 26.3 Å². The highest BCUT2D eigenvalue weighted by Gasteiger charge is 2.34. The van der Waals surface area contributed by atoms with E-state index in [2.05, 4.69) is 36.2 Å². The molecule has 2 atom stereocenters. The number of hydrogen-bond acceptors (Lipinski definition) is 3. The number of nitrogens with one attached hydrogen (secondary N) is 1. The Morgan fingerprint density at radius 3 is 2.68 bits per heavy atom. The maximum atomic E-state index is 12.3. The number of nitrogens with zero attached hydrogens (tertiary/aromatic N) is 1. The maximum Gasteiger partial charge on any atom is 0.255 e. The van der Waals surface area contributed by atoms with Gasteiger partial charge in [-0.05, 0) is 61.7 Å². The van der Waals surface area contributed by atoms with E-state index in [1.807, 2.05) is 42.5 Å². The summed E-state index contributed by atoms with van der Waals surface area (Å²) in [6, 6.07) is 17.7. The van der Waals surface area contributed by atoms with Crippen molar-refractivity contribution >= 4 is 11.6 Å². The minimum atomic E-state index is -0.0812. The van der Waals surface area contributed by atoms with Gasteiger partial charge in [0.2, 0.25) is 0 Å². The Morgan fingerprint density at radius 2 is 2.00 bits per heavy atom. The first-order chi connectivity index (χ1) is 12.0. The minimum absolute atomic E-state index is 0.0812. The van der Waals surface area contributed by atoms with Gasteiger partial charge in [0.25, 0.3) is 5.91 Å². The second-order valence-corrected chi connectivity index (χ2v) is 7.36. The fourth-order valence-corrected chi connectivity index (χ4v) is 3.44. The fourth-order valence-electron chi connectivity index (χ4n) is 3.44. The zero-order valence-corrected chi connectivity index (χ0v) is 15.0. The van der Waals surface area contributed by atoms with Crippen molar-refractivity contribution in [3.05, 3.63) is 65.7 Å². The van der Waals surface area contributed by atoms with Crippen LogP contribution in [0.1, 0.15) is 42.2 Å². The number of likely N-dealkylation sites (tertiary alicyclic amines) is 1. The van der Waals surface area contributed by atoms with Crippen LogP contribution in [0.2, 0.25) is 0 Å². The molecule has 0 aliphatic carbocycles. The molecular formula is C21H27N3O. The Morgan fingerprint density at radius 1 is 1.24 bits per heavy atom. The molecule has 0 radical (unpaired) electrons. The highest BCUT2D eigenvalue weighted by molar-refractivity contribution is 6.04.